The van der Waals surface area contributed by atoms with E-state index in [4.69, 9.17) is 23.2 Å². The maximum atomic E-state index is 14.1. The summed E-state index contributed by atoms with van der Waals surface area (Å²) in [5, 5.41) is 9.28. The number of fused-ring (bicyclic) bond motifs is 1. The van der Waals surface area contributed by atoms with E-state index in [2.05, 4.69) is 4.98 Å². The van der Waals surface area contributed by atoms with E-state index in [1.807, 2.05) is 0 Å². The predicted molar refractivity (Wildman–Crippen MR) is 135 cm³/mol. The zero-order chi connectivity index (χ0) is 27.4. The number of carbonyl (C=O) groups excluding carboxylic acids is 1. The lowest BCUT2D eigenvalue weighted by molar-refractivity contribution is -0.146. The normalized spacial score (nSPS) is 16.6. The van der Waals surface area contributed by atoms with Crippen LogP contribution in [0.4, 0.5) is 14.5 Å². The minimum Gasteiger partial charge on any atom is -0.481 e. The maximum Gasteiger partial charge on any atom is 0.316 e. The second-order valence-corrected chi connectivity index (χ2v) is 12.8. The molecular weight excluding hydrogens is 537 g/mol. The van der Waals surface area contributed by atoms with Crippen molar-refractivity contribution in [3.05, 3.63) is 57.3 Å². The number of benzene rings is 1. The maximum absolute atomic E-state index is 14.1. The number of halogens is 4. The SMILES string of the molecule is CN(C(=O)C(F)F)c1c(Cl)ccc(C2=C(CC(C)(C)C(=O)O)c3ncccc3C(C)(C)S2(=O)=O)c1Cl. The van der Waals surface area contributed by atoms with Crippen molar-refractivity contribution in [1.29, 1.82) is 0 Å². The fourth-order valence-corrected chi connectivity index (χ4v) is 6.76. The van der Waals surface area contributed by atoms with Gasteiger partial charge in [-0.2, -0.15) is 8.78 Å². The number of carboxylic acid groups (broad SMARTS) is 1. The van der Waals surface area contributed by atoms with E-state index in [0.29, 0.717) is 10.5 Å². The molecule has 0 saturated heterocycles. The van der Waals surface area contributed by atoms with Crippen LogP contribution in [0, 0.1) is 5.41 Å². The molecule has 0 unspecified atom stereocenters. The molecule has 1 aliphatic rings. The largest absolute Gasteiger partial charge is 0.481 e. The van der Waals surface area contributed by atoms with Crippen molar-refractivity contribution in [2.45, 2.75) is 45.3 Å². The Bertz CT molecular complexity index is 1410. The highest BCUT2D eigenvalue weighted by Crippen LogP contribution is 2.53. The number of carboxylic acids is 1. The van der Waals surface area contributed by atoms with Crippen molar-refractivity contribution < 1.29 is 31.9 Å². The highest BCUT2D eigenvalue weighted by Gasteiger charge is 2.49. The van der Waals surface area contributed by atoms with Crippen LogP contribution in [0.2, 0.25) is 10.0 Å². The number of hydrogen-bond donors (Lipinski definition) is 1. The monoisotopic (exact) mass is 560 g/mol. The molecule has 36 heavy (non-hydrogen) atoms. The smallest absolute Gasteiger partial charge is 0.316 e. The van der Waals surface area contributed by atoms with Gasteiger partial charge in [-0.1, -0.05) is 35.3 Å². The van der Waals surface area contributed by atoms with Crippen LogP contribution in [0.3, 0.4) is 0 Å². The van der Waals surface area contributed by atoms with Crippen molar-refractivity contribution in [3.8, 4) is 0 Å². The molecule has 2 heterocycles. The Labute approximate surface area is 217 Å². The third-order valence-corrected chi connectivity index (χ3v) is 9.57. The lowest BCUT2D eigenvalue weighted by Crippen LogP contribution is -2.36. The van der Waals surface area contributed by atoms with Crippen LogP contribution < -0.4 is 4.90 Å². The highest BCUT2D eigenvalue weighted by atomic mass is 35.5. The Hall–Kier alpha value is -2.56. The summed E-state index contributed by atoms with van der Waals surface area (Å²) in [6.07, 6.45) is -2.13. The van der Waals surface area contributed by atoms with Gasteiger partial charge in [0.1, 0.15) is 0 Å². The summed E-state index contributed by atoms with van der Waals surface area (Å²) < 4.78 is 53.0. The third kappa shape index (κ3) is 4.39. The first-order chi connectivity index (χ1) is 16.5. The second-order valence-electron chi connectivity index (χ2n) is 9.54. The molecule has 1 aromatic heterocycles. The summed E-state index contributed by atoms with van der Waals surface area (Å²) in [6, 6.07) is 5.74. The summed E-state index contributed by atoms with van der Waals surface area (Å²) in [7, 11) is -3.22. The standard InChI is InChI=1S/C24H24Cl2F2N2O5S/c1-23(2,22(32)33)11-13-17-14(7-6-10-29-17)24(3,4)36(34,35)19(13)12-8-9-15(25)18(16(12)26)30(5)21(31)20(27)28/h6-10,20H,11H2,1-5H3,(H,32,33). The van der Waals surface area contributed by atoms with Crippen LogP contribution in [0.1, 0.15) is 50.9 Å². The quantitative estimate of drug-likeness (QED) is 0.489. The van der Waals surface area contributed by atoms with E-state index in [0.717, 1.165) is 7.05 Å². The van der Waals surface area contributed by atoms with Gasteiger partial charge in [-0.3, -0.25) is 14.6 Å². The lowest BCUT2D eigenvalue weighted by atomic mass is 9.81. The van der Waals surface area contributed by atoms with Crippen LogP contribution in [-0.4, -0.2) is 43.9 Å². The molecule has 1 aromatic carbocycles. The molecule has 0 spiro atoms. The molecule has 1 amide bonds. The first-order valence-electron chi connectivity index (χ1n) is 10.7. The van der Waals surface area contributed by atoms with E-state index in [-0.39, 0.29) is 43.9 Å². The van der Waals surface area contributed by atoms with E-state index in [1.54, 1.807) is 12.1 Å². The average Bonchev–Trinajstić information content (AvgIpc) is 2.78. The number of amides is 1. The van der Waals surface area contributed by atoms with Crippen LogP contribution in [-0.2, 0) is 24.2 Å². The summed E-state index contributed by atoms with van der Waals surface area (Å²) >= 11 is 12.8. The number of carbonyl (C=O) groups is 2. The number of rotatable bonds is 6. The Morgan fingerprint density at radius 2 is 1.81 bits per heavy atom. The molecule has 7 nitrogen and oxygen atoms in total. The first kappa shape index (κ1) is 28.0. The average molecular weight is 561 g/mol. The zero-order valence-electron chi connectivity index (χ0n) is 20.1. The topological polar surface area (TPSA) is 105 Å². The number of sulfone groups is 1. The van der Waals surface area contributed by atoms with Gasteiger partial charge in [0.25, 0.3) is 5.91 Å². The van der Waals surface area contributed by atoms with Gasteiger partial charge in [-0.15, -0.1) is 0 Å². The fourth-order valence-electron chi connectivity index (χ4n) is 4.07. The third-order valence-electron chi connectivity index (χ3n) is 6.32. The molecular formula is C24H24Cl2F2N2O5S. The van der Waals surface area contributed by atoms with Crippen LogP contribution in [0.15, 0.2) is 30.5 Å². The molecule has 1 N–H and O–H groups in total. The molecule has 0 atom stereocenters. The number of pyridine rings is 1. The van der Waals surface area contributed by atoms with Gasteiger partial charge in [0.15, 0.2) is 9.84 Å². The summed E-state index contributed by atoms with van der Waals surface area (Å²) in [4.78, 5) is 28.6. The van der Waals surface area contributed by atoms with Crippen molar-refractivity contribution in [1.82, 2.24) is 4.98 Å². The summed E-state index contributed by atoms with van der Waals surface area (Å²) in [5.41, 5.74) is -1.05. The van der Waals surface area contributed by atoms with E-state index in [9.17, 15) is 31.9 Å². The van der Waals surface area contributed by atoms with Gasteiger partial charge in [0, 0.05) is 18.8 Å². The zero-order valence-corrected chi connectivity index (χ0v) is 22.4. The molecule has 1 aliphatic heterocycles. The molecule has 0 bridgehead atoms. The highest BCUT2D eigenvalue weighted by molar-refractivity contribution is 8.01. The number of hydrogen-bond acceptors (Lipinski definition) is 5. The number of aliphatic carboxylic acids is 1. The number of anilines is 1. The van der Waals surface area contributed by atoms with Crippen LogP contribution in [0.25, 0.3) is 10.5 Å². The Morgan fingerprint density at radius 1 is 1.19 bits per heavy atom. The van der Waals surface area contributed by atoms with Gasteiger partial charge < -0.3 is 10.0 Å². The minimum atomic E-state index is -4.26. The molecule has 3 rings (SSSR count). The molecule has 194 valence electrons. The van der Waals surface area contributed by atoms with Gasteiger partial charge in [-0.05, 0) is 57.4 Å². The van der Waals surface area contributed by atoms with Crippen molar-refractivity contribution in [3.63, 3.8) is 0 Å². The Morgan fingerprint density at radius 3 is 2.36 bits per heavy atom. The Balaban J connectivity index is 2.48. The van der Waals surface area contributed by atoms with Gasteiger partial charge >= 0.3 is 12.4 Å². The minimum absolute atomic E-state index is 0.106. The van der Waals surface area contributed by atoms with Crippen LogP contribution >= 0.6 is 23.2 Å². The Kier molecular flexibility index (Phi) is 7.31. The molecule has 0 saturated carbocycles. The number of allylic oxidation sites excluding steroid dienone is 1. The predicted octanol–water partition coefficient (Wildman–Crippen LogP) is 5.65. The van der Waals surface area contributed by atoms with Gasteiger partial charge in [0.2, 0.25) is 0 Å². The van der Waals surface area contributed by atoms with Crippen molar-refractivity contribution in [2.75, 3.05) is 11.9 Å². The molecule has 2 aromatic rings. The number of alkyl halides is 2. The lowest BCUT2D eigenvalue weighted by Gasteiger charge is -2.36. The second kappa shape index (κ2) is 9.39. The summed E-state index contributed by atoms with van der Waals surface area (Å²) in [6.45, 7) is 5.86. The molecule has 0 fully saturated rings. The van der Waals surface area contributed by atoms with Crippen molar-refractivity contribution >= 4 is 61.1 Å². The van der Waals surface area contributed by atoms with E-state index in [1.165, 1.54) is 46.0 Å². The molecule has 0 radical (unpaired) electrons. The number of aromatic nitrogens is 1. The van der Waals surface area contributed by atoms with Crippen LogP contribution in [0.5, 0.6) is 0 Å². The fraction of sp³-hybridized carbons (Fsp3) is 0.375. The molecule has 12 heteroatoms. The van der Waals surface area contributed by atoms with E-state index >= 15 is 0 Å². The van der Waals surface area contributed by atoms with Gasteiger partial charge in [-0.25, -0.2) is 8.42 Å². The number of nitrogens with zero attached hydrogens (tertiary/aromatic N) is 2. The van der Waals surface area contributed by atoms with Gasteiger partial charge in [0.05, 0.1) is 36.5 Å². The first-order valence-corrected chi connectivity index (χ1v) is 12.9. The molecule has 0 aliphatic carbocycles. The summed E-state index contributed by atoms with van der Waals surface area (Å²) in [5.74, 6) is -2.75. The van der Waals surface area contributed by atoms with Crippen molar-refractivity contribution in [2.24, 2.45) is 5.41 Å². The van der Waals surface area contributed by atoms with E-state index < -0.39 is 38.3 Å².